The van der Waals surface area contributed by atoms with Crippen molar-refractivity contribution >= 4 is 0 Å². The van der Waals surface area contributed by atoms with Crippen molar-refractivity contribution in [3.63, 3.8) is 0 Å². The molecule has 1 fully saturated rings. The molecule has 0 aliphatic heterocycles. The second kappa shape index (κ2) is 3.38. The molecule has 0 saturated heterocycles. The predicted octanol–water partition coefficient (Wildman–Crippen LogP) is 2.99. The van der Waals surface area contributed by atoms with Crippen LogP contribution in [0.2, 0.25) is 0 Å². The van der Waals surface area contributed by atoms with Gasteiger partial charge in [0.15, 0.2) is 0 Å². The Morgan fingerprint density at radius 1 is 1.07 bits per heavy atom. The van der Waals surface area contributed by atoms with E-state index in [1.165, 1.54) is 49.8 Å². The molecule has 3 rings (SSSR count). The van der Waals surface area contributed by atoms with Crippen LogP contribution in [0.3, 0.4) is 0 Å². The van der Waals surface area contributed by atoms with E-state index >= 15 is 0 Å². The minimum absolute atomic E-state index is 0.950. The van der Waals surface area contributed by atoms with Crippen LogP contribution in [0, 0.1) is 11.8 Å². The van der Waals surface area contributed by atoms with Gasteiger partial charge in [-0.2, -0.15) is 0 Å². The summed E-state index contributed by atoms with van der Waals surface area (Å²) in [5.74, 6) is 1.92. The summed E-state index contributed by atoms with van der Waals surface area (Å²) in [5.41, 5.74) is 2.91. The van der Waals surface area contributed by atoms with E-state index in [4.69, 9.17) is 0 Å². The summed E-state index contributed by atoms with van der Waals surface area (Å²) >= 11 is 0. The van der Waals surface area contributed by atoms with Crippen molar-refractivity contribution in [3.8, 4) is 0 Å². The van der Waals surface area contributed by atoms with Crippen molar-refractivity contribution in [1.82, 2.24) is 4.98 Å². The number of rotatable bonds is 0. The summed E-state index contributed by atoms with van der Waals surface area (Å²) in [5, 5.41) is 0. The first-order chi connectivity index (χ1) is 6.93. The zero-order valence-corrected chi connectivity index (χ0v) is 8.58. The summed E-state index contributed by atoms with van der Waals surface area (Å²) in [4.78, 5) is 4.51. The number of hydrogen-bond acceptors (Lipinski definition) is 1. The van der Waals surface area contributed by atoms with Crippen LogP contribution in [0.5, 0.6) is 0 Å². The first-order valence-electron chi connectivity index (χ1n) is 5.86. The highest BCUT2D eigenvalue weighted by molar-refractivity contribution is 5.24. The Bertz CT molecular complexity index is 299. The predicted molar refractivity (Wildman–Crippen MR) is 57.1 cm³/mol. The maximum Gasteiger partial charge on any atom is 0.0438 e. The highest BCUT2D eigenvalue weighted by Gasteiger charge is 2.30. The van der Waals surface area contributed by atoms with E-state index in [-0.39, 0.29) is 0 Å². The monoisotopic (exact) mass is 187 g/mol. The lowest BCUT2D eigenvalue weighted by atomic mass is 9.70. The van der Waals surface area contributed by atoms with E-state index < -0.39 is 0 Å². The van der Waals surface area contributed by atoms with Crippen LogP contribution in [-0.4, -0.2) is 4.98 Å². The molecule has 0 spiro atoms. The molecule has 0 N–H and O–H groups in total. The summed E-state index contributed by atoms with van der Waals surface area (Å²) in [7, 11) is 0. The molecule has 0 amide bonds. The topological polar surface area (TPSA) is 12.9 Å². The number of hydrogen-bond donors (Lipinski definition) is 0. The molecule has 0 bridgehead atoms. The van der Waals surface area contributed by atoms with E-state index in [1.807, 2.05) is 6.20 Å². The standard InChI is InChI=1S/C13H17N/c1-2-5-11-9-13-12(6-3-7-14-13)8-10(11)4-1/h3,6-7,10-11H,1-2,4-5,8-9H2/t10-,11-/m0/s1. The largest absolute Gasteiger partial charge is 0.261 e. The Kier molecular flexibility index (Phi) is 2.04. The van der Waals surface area contributed by atoms with Gasteiger partial charge < -0.3 is 0 Å². The van der Waals surface area contributed by atoms with Crippen LogP contribution >= 0.6 is 0 Å². The lowest BCUT2D eigenvalue weighted by Gasteiger charge is -2.35. The molecule has 1 nitrogen and oxygen atoms in total. The van der Waals surface area contributed by atoms with Gasteiger partial charge in [-0.05, 0) is 49.1 Å². The third kappa shape index (κ3) is 1.35. The molecule has 14 heavy (non-hydrogen) atoms. The molecule has 1 aromatic rings. The average molecular weight is 187 g/mol. The Morgan fingerprint density at radius 2 is 1.86 bits per heavy atom. The zero-order valence-electron chi connectivity index (χ0n) is 8.58. The van der Waals surface area contributed by atoms with E-state index in [0.29, 0.717) is 0 Å². The second-order valence-corrected chi connectivity index (χ2v) is 4.82. The maximum absolute atomic E-state index is 4.51. The molecule has 1 heterocycles. The molecule has 2 aliphatic rings. The van der Waals surface area contributed by atoms with Gasteiger partial charge in [0.2, 0.25) is 0 Å². The van der Waals surface area contributed by atoms with Gasteiger partial charge in [-0.3, -0.25) is 4.98 Å². The van der Waals surface area contributed by atoms with Crippen molar-refractivity contribution in [3.05, 3.63) is 29.6 Å². The molecule has 1 saturated carbocycles. The van der Waals surface area contributed by atoms with Crippen molar-refractivity contribution in [2.75, 3.05) is 0 Å². The van der Waals surface area contributed by atoms with E-state index in [2.05, 4.69) is 17.1 Å². The molecular formula is C13H17N. The van der Waals surface area contributed by atoms with Gasteiger partial charge in [-0.25, -0.2) is 0 Å². The number of nitrogens with zero attached hydrogens (tertiary/aromatic N) is 1. The Labute approximate surface area is 85.6 Å². The summed E-state index contributed by atoms with van der Waals surface area (Å²) < 4.78 is 0. The van der Waals surface area contributed by atoms with E-state index in [1.54, 1.807) is 0 Å². The number of pyridine rings is 1. The second-order valence-electron chi connectivity index (χ2n) is 4.82. The smallest absolute Gasteiger partial charge is 0.0438 e. The molecule has 0 unspecified atom stereocenters. The van der Waals surface area contributed by atoms with E-state index in [0.717, 1.165) is 11.8 Å². The summed E-state index contributed by atoms with van der Waals surface area (Å²) in [6.45, 7) is 0. The quantitative estimate of drug-likeness (QED) is 0.608. The third-order valence-electron chi connectivity index (χ3n) is 3.99. The van der Waals surface area contributed by atoms with Gasteiger partial charge in [0.25, 0.3) is 0 Å². The van der Waals surface area contributed by atoms with Gasteiger partial charge in [-0.1, -0.05) is 18.9 Å². The van der Waals surface area contributed by atoms with Crippen molar-refractivity contribution < 1.29 is 0 Å². The highest BCUT2D eigenvalue weighted by atomic mass is 14.7. The minimum atomic E-state index is 0.950. The van der Waals surface area contributed by atoms with Crippen molar-refractivity contribution in [2.45, 2.75) is 38.5 Å². The van der Waals surface area contributed by atoms with Crippen molar-refractivity contribution in [2.24, 2.45) is 11.8 Å². The Hall–Kier alpha value is -0.850. The Morgan fingerprint density at radius 3 is 2.71 bits per heavy atom. The Balaban J connectivity index is 1.91. The lowest BCUT2D eigenvalue weighted by molar-refractivity contribution is 0.218. The van der Waals surface area contributed by atoms with Crippen LogP contribution in [0.25, 0.3) is 0 Å². The fraction of sp³-hybridized carbons (Fsp3) is 0.615. The van der Waals surface area contributed by atoms with Crippen LogP contribution in [0.4, 0.5) is 0 Å². The molecule has 2 aliphatic carbocycles. The highest BCUT2D eigenvalue weighted by Crippen LogP contribution is 2.38. The van der Waals surface area contributed by atoms with Gasteiger partial charge in [0.1, 0.15) is 0 Å². The summed E-state index contributed by atoms with van der Waals surface area (Å²) in [6, 6.07) is 4.36. The van der Waals surface area contributed by atoms with Crippen LogP contribution in [0.1, 0.15) is 36.9 Å². The van der Waals surface area contributed by atoms with Gasteiger partial charge >= 0.3 is 0 Å². The molecular weight excluding hydrogens is 170 g/mol. The van der Waals surface area contributed by atoms with Gasteiger partial charge in [0.05, 0.1) is 0 Å². The number of aromatic nitrogens is 1. The van der Waals surface area contributed by atoms with Crippen LogP contribution < -0.4 is 0 Å². The van der Waals surface area contributed by atoms with Crippen LogP contribution in [-0.2, 0) is 12.8 Å². The first-order valence-corrected chi connectivity index (χ1v) is 5.86. The molecule has 2 atom stereocenters. The third-order valence-corrected chi connectivity index (χ3v) is 3.99. The molecule has 0 radical (unpaired) electrons. The normalized spacial score (nSPS) is 30.6. The summed E-state index contributed by atoms with van der Waals surface area (Å²) in [6.07, 6.45) is 10.3. The molecule has 1 heteroatoms. The maximum atomic E-state index is 4.51. The molecule has 0 aromatic carbocycles. The average Bonchev–Trinajstić information content (AvgIpc) is 2.26. The fourth-order valence-electron chi connectivity index (χ4n) is 3.19. The SMILES string of the molecule is c1cnc2c(c1)C[C@@H]1CCCC[C@H]1C2. The van der Waals surface area contributed by atoms with Crippen molar-refractivity contribution in [1.29, 1.82) is 0 Å². The first kappa shape index (κ1) is 8.46. The molecule has 74 valence electrons. The molecule has 1 aromatic heterocycles. The van der Waals surface area contributed by atoms with Crippen LogP contribution in [0.15, 0.2) is 18.3 Å². The van der Waals surface area contributed by atoms with Gasteiger partial charge in [0, 0.05) is 11.9 Å². The minimum Gasteiger partial charge on any atom is -0.261 e. The fourth-order valence-corrected chi connectivity index (χ4v) is 3.19. The lowest BCUT2D eigenvalue weighted by Crippen LogP contribution is -2.28. The van der Waals surface area contributed by atoms with E-state index in [9.17, 15) is 0 Å². The zero-order chi connectivity index (χ0) is 9.38. The number of fused-ring (bicyclic) bond motifs is 2. The van der Waals surface area contributed by atoms with Gasteiger partial charge in [-0.15, -0.1) is 0 Å².